The Hall–Kier alpha value is -0.340. The molecule has 0 bridgehead atoms. The number of ether oxygens (including phenoxy) is 1. The van der Waals surface area contributed by atoms with Crippen LogP contribution in [0.3, 0.4) is 0 Å². The molecule has 0 aromatic rings. The van der Waals surface area contributed by atoms with E-state index in [-0.39, 0.29) is 0 Å². The van der Waals surface area contributed by atoms with Crippen molar-refractivity contribution in [3.63, 3.8) is 0 Å². The predicted molar refractivity (Wildman–Crippen MR) is 64.7 cm³/mol. The number of hydrogen-bond acceptors (Lipinski definition) is 4. The number of carbonyl (C=O) groups is 1. The van der Waals surface area contributed by atoms with E-state index >= 15 is 0 Å². The molecule has 0 saturated heterocycles. The molecule has 0 aliphatic heterocycles. The lowest BCUT2D eigenvalue weighted by molar-refractivity contribution is 0.177. The highest BCUT2D eigenvalue weighted by atomic mass is 79.9. The van der Waals surface area contributed by atoms with Gasteiger partial charge in [-0.25, -0.2) is 9.52 Å². The number of rotatable bonds is 6. The van der Waals surface area contributed by atoms with Gasteiger partial charge in [-0.15, -0.1) is 0 Å². The number of amides is 1. The van der Waals surface area contributed by atoms with Gasteiger partial charge in [0.15, 0.2) is 0 Å². The van der Waals surface area contributed by atoms with Gasteiger partial charge < -0.3 is 4.74 Å². The van der Waals surface area contributed by atoms with E-state index in [9.17, 15) is 13.2 Å². The monoisotopic (exact) mass is 316 g/mol. The molecule has 6 nitrogen and oxygen atoms in total. The largest absolute Gasteiger partial charge is 0.452 e. The second-order valence-corrected chi connectivity index (χ2v) is 5.76. The van der Waals surface area contributed by atoms with Gasteiger partial charge in [-0.2, -0.15) is 13.1 Å². The summed E-state index contributed by atoms with van der Waals surface area (Å²) in [7, 11) is -2.78. The van der Waals surface area contributed by atoms with Crippen LogP contribution in [-0.2, 0) is 14.9 Å². The van der Waals surface area contributed by atoms with Gasteiger partial charge in [0.1, 0.15) is 0 Å². The molecule has 0 saturated carbocycles. The first-order valence-electron chi connectivity index (χ1n) is 4.74. The van der Waals surface area contributed by atoms with Crippen LogP contribution in [0.2, 0.25) is 0 Å². The van der Waals surface area contributed by atoms with Crippen LogP contribution in [-0.4, -0.2) is 32.5 Å². The lowest BCUT2D eigenvalue weighted by Gasteiger charge is -2.28. The molecule has 0 aromatic heterocycles. The Morgan fingerprint density at radius 3 is 2.44 bits per heavy atom. The van der Waals surface area contributed by atoms with Gasteiger partial charge in [-0.1, -0.05) is 22.9 Å². The fourth-order valence-electron chi connectivity index (χ4n) is 1.01. The molecule has 0 spiro atoms. The lowest BCUT2D eigenvalue weighted by atomic mass is 9.98. The van der Waals surface area contributed by atoms with E-state index in [1.807, 2.05) is 6.92 Å². The van der Waals surface area contributed by atoms with E-state index in [0.717, 1.165) is 7.11 Å². The van der Waals surface area contributed by atoms with E-state index in [0.29, 0.717) is 18.2 Å². The van der Waals surface area contributed by atoms with Gasteiger partial charge in [-0.05, 0) is 19.8 Å². The maximum atomic E-state index is 11.5. The molecule has 8 heteroatoms. The molecule has 0 radical (unpaired) electrons. The van der Waals surface area contributed by atoms with Crippen LogP contribution in [0.15, 0.2) is 0 Å². The normalized spacial score (nSPS) is 15.2. The van der Waals surface area contributed by atoms with Gasteiger partial charge in [0.05, 0.1) is 7.11 Å². The topological polar surface area (TPSA) is 84.5 Å². The van der Waals surface area contributed by atoms with Crippen molar-refractivity contribution in [1.82, 2.24) is 9.44 Å². The summed E-state index contributed by atoms with van der Waals surface area (Å²) in [6, 6.07) is 0. The number of alkyl halides is 1. The van der Waals surface area contributed by atoms with E-state index in [2.05, 4.69) is 25.4 Å². The molecule has 0 aromatic carbocycles. The molecular weight excluding hydrogens is 300 g/mol. The smallest absolute Gasteiger partial charge is 0.421 e. The molecule has 0 fully saturated rings. The number of nitrogens with one attached hydrogen (secondary N) is 2. The van der Waals surface area contributed by atoms with E-state index in [4.69, 9.17) is 0 Å². The highest BCUT2D eigenvalue weighted by molar-refractivity contribution is 9.09. The minimum Gasteiger partial charge on any atom is -0.452 e. The number of halogens is 1. The first-order valence-corrected chi connectivity index (χ1v) is 7.34. The summed E-state index contributed by atoms with van der Waals surface area (Å²) in [6.45, 7) is 3.63. The molecule has 0 aliphatic carbocycles. The van der Waals surface area contributed by atoms with Crippen molar-refractivity contribution in [3.05, 3.63) is 0 Å². The molecule has 0 aliphatic rings. The zero-order valence-corrected chi connectivity index (χ0v) is 11.9. The third-order valence-electron chi connectivity index (χ3n) is 2.21. The third-order valence-corrected chi connectivity index (χ3v) is 3.80. The Kier molecular flexibility index (Phi) is 6.27. The van der Waals surface area contributed by atoms with Crippen molar-refractivity contribution in [2.45, 2.75) is 32.2 Å². The molecule has 0 heterocycles. The van der Waals surface area contributed by atoms with Gasteiger partial charge in [0, 0.05) is 10.9 Å². The maximum Gasteiger partial charge on any atom is 0.421 e. The van der Waals surface area contributed by atoms with Gasteiger partial charge in [0.25, 0.3) is 0 Å². The zero-order chi connectivity index (χ0) is 12.8. The minimum atomic E-state index is -3.88. The van der Waals surface area contributed by atoms with Crippen molar-refractivity contribution in [1.29, 1.82) is 0 Å². The summed E-state index contributed by atoms with van der Waals surface area (Å²) in [5.41, 5.74) is -0.594. The highest BCUT2D eigenvalue weighted by Crippen LogP contribution is 2.16. The second-order valence-electron chi connectivity index (χ2n) is 3.55. The van der Waals surface area contributed by atoms with Crippen molar-refractivity contribution in [2.24, 2.45) is 0 Å². The number of methoxy groups -OCH3 is 1. The Morgan fingerprint density at radius 2 is 2.06 bits per heavy atom. The summed E-state index contributed by atoms with van der Waals surface area (Å²) in [5.74, 6) is 0. The van der Waals surface area contributed by atoms with E-state index in [1.54, 1.807) is 11.6 Å². The summed E-state index contributed by atoms with van der Waals surface area (Å²) >= 11 is 3.25. The molecule has 1 atom stereocenters. The second kappa shape index (κ2) is 6.41. The third kappa shape index (κ3) is 5.66. The van der Waals surface area contributed by atoms with Crippen LogP contribution < -0.4 is 9.44 Å². The van der Waals surface area contributed by atoms with Crippen LogP contribution in [0.1, 0.15) is 26.7 Å². The molecule has 16 heavy (non-hydrogen) atoms. The summed E-state index contributed by atoms with van der Waals surface area (Å²) < 4.78 is 31.4. The van der Waals surface area contributed by atoms with Gasteiger partial charge in [-0.3, -0.25) is 0 Å². The van der Waals surface area contributed by atoms with Gasteiger partial charge >= 0.3 is 16.3 Å². The number of carbonyl (C=O) groups excluding carboxylic acids is 1. The Balaban J connectivity index is 4.61. The molecule has 1 amide bonds. The van der Waals surface area contributed by atoms with Crippen molar-refractivity contribution < 1.29 is 17.9 Å². The maximum absolute atomic E-state index is 11.5. The Bertz CT molecular complexity index is 333. The Morgan fingerprint density at radius 1 is 1.50 bits per heavy atom. The fourth-order valence-corrected chi connectivity index (χ4v) is 3.13. The summed E-state index contributed by atoms with van der Waals surface area (Å²) in [6.07, 6.45) is 0.219. The first kappa shape index (κ1) is 15.7. The molecule has 1 unspecified atom stereocenters. The molecule has 2 N–H and O–H groups in total. The van der Waals surface area contributed by atoms with E-state index < -0.39 is 21.8 Å². The van der Waals surface area contributed by atoms with Crippen LogP contribution in [0.5, 0.6) is 0 Å². The van der Waals surface area contributed by atoms with Crippen molar-refractivity contribution in [3.8, 4) is 0 Å². The van der Waals surface area contributed by atoms with Crippen molar-refractivity contribution >= 4 is 32.2 Å². The molecular formula is C8H17BrN2O4S. The van der Waals surface area contributed by atoms with Crippen molar-refractivity contribution in [2.75, 3.05) is 12.4 Å². The highest BCUT2D eigenvalue weighted by Gasteiger charge is 2.28. The SMILES string of the molecule is CCC(C)(CCBr)NS(=O)(=O)NC(=O)OC. The zero-order valence-electron chi connectivity index (χ0n) is 9.54. The average molecular weight is 317 g/mol. The fraction of sp³-hybridized carbons (Fsp3) is 0.875. The van der Waals surface area contributed by atoms with E-state index in [1.165, 1.54) is 0 Å². The standard InChI is InChI=1S/C8H17BrN2O4S/c1-4-8(2,5-6-9)11-16(13,14)10-7(12)15-3/h11H,4-6H2,1-3H3,(H,10,12). The molecule has 0 rings (SSSR count). The molecule has 96 valence electrons. The predicted octanol–water partition coefficient (Wildman–Crippen LogP) is 1.13. The van der Waals surface area contributed by atoms with Crippen LogP contribution in [0.25, 0.3) is 0 Å². The Labute approximate surface area is 104 Å². The average Bonchev–Trinajstić information content (AvgIpc) is 2.16. The minimum absolute atomic E-state index is 0.594. The number of hydrogen-bond donors (Lipinski definition) is 2. The van der Waals surface area contributed by atoms with Crippen LogP contribution in [0, 0.1) is 0 Å². The van der Waals surface area contributed by atoms with Gasteiger partial charge in [0.2, 0.25) is 0 Å². The first-order chi connectivity index (χ1) is 7.28. The lowest BCUT2D eigenvalue weighted by Crippen LogP contribution is -2.51. The van der Waals surface area contributed by atoms with Crippen LogP contribution >= 0.6 is 15.9 Å². The summed E-state index contributed by atoms with van der Waals surface area (Å²) in [5, 5.41) is 0.665. The quantitative estimate of drug-likeness (QED) is 0.719. The van der Waals surface area contributed by atoms with Crippen LogP contribution in [0.4, 0.5) is 4.79 Å². The summed E-state index contributed by atoms with van der Waals surface area (Å²) in [4.78, 5) is 10.8.